The van der Waals surface area contributed by atoms with E-state index in [0.717, 1.165) is 6.42 Å². The number of aliphatic hydroxyl groups excluding tert-OH is 1. The van der Waals surface area contributed by atoms with Crippen molar-refractivity contribution in [1.82, 2.24) is 4.90 Å². The first-order valence-corrected chi connectivity index (χ1v) is 6.16. The number of rotatable bonds is 4. The van der Waals surface area contributed by atoms with Crippen LogP contribution in [-0.2, 0) is 9.53 Å². The van der Waals surface area contributed by atoms with Gasteiger partial charge in [-0.15, -0.1) is 0 Å². The fraction of sp³-hybridized carbons (Fsp3) is 0.833. The van der Waals surface area contributed by atoms with Crippen molar-refractivity contribution in [3.63, 3.8) is 0 Å². The van der Waals surface area contributed by atoms with Crippen LogP contribution >= 0.6 is 0 Å². The molecule has 1 rings (SSSR count). The number of hydrogen-bond acceptors (Lipinski definition) is 4. The lowest BCUT2D eigenvalue weighted by molar-refractivity contribution is -0.138. The molecule has 18 heavy (non-hydrogen) atoms. The third-order valence-electron chi connectivity index (χ3n) is 3.11. The number of carbonyl (C=O) groups excluding carboxylic acids is 2. The van der Waals surface area contributed by atoms with Gasteiger partial charge in [-0.1, -0.05) is 0 Å². The highest BCUT2D eigenvalue weighted by atomic mass is 16.6. The second-order valence-electron chi connectivity index (χ2n) is 5.50. The van der Waals surface area contributed by atoms with Crippen LogP contribution in [0.5, 0.6) is 0 Å². The third-order valence-corrected chi connectivity index (χ3v) is 3.11. The molecule has 104 valence electrons. The van der Waals surface area contributed by atoms with Gasteiger partial charge in [0.25, 0.3) is 5.91 Å². The summed E-state index contributed by atoms with van der Waals surface area (Å²) in [6, 6.07) is 0. The normalized spacial score (nSPS) is 21.8. The molecule has 1 fully saturated rings. The second-order valence-corrected chi connectivity index (χ2v) is 5.50. The molecule has 0 spiro atoms. The smallest absolute Gasteiger partial charge is 0.405 e. The number of amides is 2. The molecule has 1 aliphatic rings. The molecule has 3 N–H and O–H groups in total. The minimum atomic E-state index is -0.960. The average Bonchev–Trinajstić information content (AvgIpc) is 2.61. The van der Waals surface area contributed by atoms with E-state index in [9.17, 15) is 14.7 Å². The van der Waals surface area contributed by atoms with E-state index in [1.165, 1.54) is 6.92 Å². The van der Waals surface area contributed by atoms with Crippen LogP contribution in [0, 0.1) is 5.92 Å². The van der Waals surface area contributed by atoms with Gasteiger partial charge in [0.1, 0.15) is 11.7 Å². The van der Waals surface area contributed by atoms with E-state index in [4.69, 9.17) is 10.5 Å². The molecule has 0 aliphatic carbocycles. The predicted octanol–water partition coefficient (Wildman–Crippen LogP) is 0.480. The summed E-state index contributed by atoms with van der Waals surface area (Å²) in [5.41, 5.74) is 4.38. The molecular formula is C12H22N2O4. The molecule has 1 saturated heterocycles. The van der Waals surface area contributed by atoms with E-state index in [1.54, 1.807) is 18.7 Å². The highest BCUT2D eigenvalue weighted by Crippen LogP contribution is 2.28. The van der Waals surface area contributed by atoms with Crippen LogP contribution in [0.25, 0.3) is 0 Å². The first kappa shape index (κ1) is 14.8. The summed E-state index contributed by atoms with van der Waals surface area (Å²) in [5, 5.41) is 9.24. The van der Waals surface area contributed by atoms with Gasteiger partial charge in [0.05, 0.1) is 0 Å². The molecule has 0 unspecified atom stereocenters. The molecule has 0 aromatic rings. The standard InChI is InChI=1S/C12H22N2O4/c1-8(15)10(16)14-5-4-9(7-14)6-12(2,3)18-11(13)17/h8-9,15H,4-7H2,1-3H3,(H2,13,17)/t8-,9-/m1/s1. The Kier molecular flexibility index (Phi) is 4.56. The Bertz CT molecular complexity index is 328. The Morgan fingerprint density at radius 2 is 2.17 bits per heavy atom. The molecule has 0 radical (unpaired) electrons. The number of ether oxygens (including phenoxy) is 1. The van der Waals surface area contributed by atoms with Crippen molar-refractivity contribution >= 4 is 12.0 Å². The summed E-state index contributed by atoms with van der Waals surface area (Å²) >= 11 is 0. The summed E-state index contributed by atoms with van der Waals surface area (Å²) in [4.78, 5) is 24.0. The second kappa shape index (κ2) is 5.56. The van der Waals surface area contributed by atoms with Gasteiger partial charge >= 0.3 is 6.09 Å². The number of carbonyl (C=O) groups is 2. The Labute approximate surface area is 107 Å². The maximum atomic E-state index is 11.6. The minimum Gasteiger partial charge on any atom is -0.444 e. The number of aliphatic hydroxyl groups is 1. The first-order valence-electron chi connectivity index (χ1n) is 6.16. The van der Waals surface area contributed by atoms with Gasteiger partial charge in [-0.05, 0) is 39.5 Å². The molecule has 1 heterocycles. The highest BCUT2D eigenvalue weighted by Gasteiger charge is 2.33. The van der Waals surface area contributed by atoms with E-state index >= 15 is 0 Å². The Balaban J connectivity index is 2.47. The van der Waals surface area contributed by atoms with Crippen molar-refractivity contribution in [2.24, 2.45) is 11.7 Å². The first-order chi connectivity index (χ1) is 8.21. The number of nitrogens with two attached hydrogens (primary N) is 1. The van der Waals surface area contributed by atoms with Crippen LogP contribution in [0.4, 0.5) is 4.79 Å². The van der Waals surface area contributed by atoms with Gasteiger partial charge in [-0.25, -0.2) is 4.79 Å². The zero-order chi connectivity index (χ0) is 13.9. The molecule has 0 bridgehead atoms. The molecule has 2 atom stereocenters. The average molecular weight is 258 g/mol. The lowest BCUT2D eigenvalue weighted by Crippen LogP contribution is -2.37. The summed E-state index contributed by atoms with van der Waals surface area (Å²) in [6.45, 7) is 6.31. The van der Waals surface area contributed by atoms with E-state index in [-0.39, 0.29) is 11.8 Å². The van der Waals surface area contributed by atoms with E-state index in [1.807, 2.05) is 0 Å². The van der Waals surface area contributed by atoms with E-state index < -0.39 is 17.8 Å². The van der Waals surface area contributed by atoms with Crippen molar-refractivity contribution in [3.8, 4) is 0 Å². The summed E-state index contributed by atoms with van der Waals surface area (Å²) in [7, 11) is 0. The van der Waals surface area contributed by atoms with Crippen LogP contribution in [0.2, 0.25) is 0 Å². The van der Waals surface area contributed by atoms with Crippen LogP contribution in [-0.4, -0.2) is 46.8 Å². The van der Waals surface area contributed by atoms with Crippen LogP contribution in [0.1, 0.15) is 33.6 Å². The minimum absolute atomic E-state index is 0.244. The van der Waals surface area contributed by atoms with Gasteiger partial charge in [-0.3, -0.25) is 4.79 Å². The Hall–Kier alpha value is -1.30. The molecule has 0 saturated carbocycles. The molecule has 1 aliphatic heterocycles. The van der Waals surface area contributed by atoms with Crippen LogP contribution in [0.15, 0.2) is 0 Å². The van der Waals surface area contributed by atoms with Crippen LogP contribution < -0.4 is 5.73 Å². The molecule has 6 heteroatoms. The van der Waals surface area contributed by atoms with Gasteiger partial charge in [0.2, 0.25) is 0 Å². The van der Waals surface area contributed by atoms with Gasteiger partial charge in [0.15, 0.2) is 0 Å². The fourth-order valence-electron chi connectivity index (χ4n) is 2.47. The van der Waals surface area contributed by atoms with Crippen molar-refractivity contribution < 1.29 is 19.4 Å². The largest absolute Gasteiger partial charge is 0.444 e. The third kappa shape index (κ3) is 4.18. The molecule has 6 nitrogen and oxygen atoms in total. The predicted molar refractivity (Wildman–Crippen MR) is 65.7 cm³/mol. The topological polar surface area (TPSA) is 92.9 Å². The SMILES string of the molecule is C[C@@H](O)C(=O)N1CC[C@H](CC(C)(C)OC(N)=O)C1. The number of nitrogens with zero attached hydrogens (tertiary/aromatic N) is 1. The van der Waals surface area contributed by atoms with E-state index in [2.05, 4.69) is 0 Å². The molecule has 0 aromatic carbocycles. The van der Waals surface area contributed by atoms with Gasteiger partial charge in [0, 0.05) is 13.1 Å². The van der Waals surface area contributed by atoms with Crippen molar-refractivity contribution in [1.29, 1.82) is 0 Å². The van der Waals surface area contributed by atoms with Crippen molar-refractivity contribution in [2.75, 3.05) is 13.1 Å². The zero-order valence-corrected chi connectivity index (χ0v) is 11.2. The molecule has 2 amide bonds. The van der Waals surface area contributed by atoms with Gasteiger partial charge < -0.3 is 20.5 Å². The maximum Gasteiger partial charge on any atom is 0.405 e. The monoisotopic (exact) mass is 258 g/mol. The molecule has 0 aromatic heterocycles. The highest BCUT2D eigenvalue weighted by molar-refractivity contribution is 5.80. The van der Waals surface area contributed by atoms with Crippen LogP contribution in [0.3, 0.4) is 0 Å². The summed E-state index contributed by atoms with van der Waals surface area (Å²) < 4.78 is 5.03. The zero-order valence-electron chi connectivity index (χ0n) is 11.2. The molecular weight excluding hydrogens is 236 g/mol. The quantitative estimate of drug-likeness (QED) is 0.767. The Morgan fingerprint density at radius 3 is 2.67 bits per heavy atom. The Morgan fingerprint density at radius 1 is 1.56 bits per heavy atom. The fourth-order valence-corrected chi connectivity index (χ4v) is 2.47. The number of likely N-dealkylation sites (tertiary alicyclic amines) is 1. The number of hydrogen-bond donors (Lipinski definition) is 2. The summed E-state index contributed by atoms with van der Waals surface area (Å²) in [6.07, 6.45) is -0.239. The van der Waals surface area contributed by atoms with Crippen molar-refractivity contribution in [3.05, 3.63) is 0 Å². The maximum absolute atomic E-state index is 11.6. The lowest BCUT2D eigenvalue weighted by atomic mass is 9.93. The van der Waals surface area contributed by atoms with E-state index in [0.29, 0.717) is 19.5 Å². The lowest BCUT2D eigenvalue weighted by Gasteiger charge is -2.27. The summed E-state index contributed by atoms with van der Waals surface area (Å²) in [5.74, 6) is 0.0215. The number of primary amides is 1. The van der Waals surface area contributed by atoms with Crippen molar-refractivity contribution in [2.45, 2.75) is 45.3 Å². The van der Waals surface area contributed by atoms with Gasteiger partial charge in [-0.2, -0.15) is 0 Å².